The molecule has 2 aliphatic rings. The third-order valence-corrected chi connectivity index (χ3v) is 4.04. The van der Waals surface area contributed by atoms with E-state index in [1.165, 1.54) is 6.42 Å². The first-order valence-corrected chi connectivity index (χ1v) is 7.33. The molecule has 0 bridgehead atoms. The summed E-state index contributed by atoms with van der Waals surface area (Å²) in [7, 11) is 0. The molecule has 1 aliphatic carbocycles. The van der Waals surface area contributed by atoms with Crippen molar-refractivity contribution >= 4 is 0 Å². The molecule has 0 aromatic rings. The molecule has 0 aromatic heterocycles. The van der Waals surface area contributed by atoms with Crippen LogP contribution < -0.4 is 5.32 Å². The molecule has 1 aliphatic heterocycles. The van der Waals surface area contributed by atoms with Gasteiger partial charge in [0.25, 0.3) is 0 Å². The van der Waals surface area contributed by atoms with Gasteiger partial charge in [-0.15, -0.1) is 0 Å². The molecule has 2 rings (SSSR count). The third-order valence-electron chi connectivity index (χ3n) is 4.04. The molecule has 0 amide bonds. The van der Waals surface area contributed by atoms with E-state index in [0.717, 1.165) is 19.6 Å². The Bertz CT molecular complexity index is 290. The summed E-state index contributed by atoms with van der Waals surface area (Å²) < 4.78 is 5.99. The molecule has 106 valence electrons. The van der Waals surface area contributed by atoms with Crippen LogP contribution in [0.4, 0.5) is 0 Å². The topological polar surface area (TPSA) is 24.5 Å². The summed E-state index contributed by atoms with van der Waals surface area (Å²) >= 11 is 0. The normalized spacial score (nSPS) is 34.7. The molecule has 18 heavy (non-hydrogen) atoms. The summed E-state index contributed by atoms with van der Waals surface area (Å²) in [5.74, 6) is 0. The predicted molar refractivity (Wildman–Crippen MR) is 75.9 cm³/mol. The maximum atomic E-state index is 5.99. The highest BCUT2D eigenvalue weighted by Gasteiger charge is 2.44. The second kappa shape index (κ2) is 4.77. The standard InChI is InChI=1S/C15H30N2O/c1-14(2,3)16-11-9-12-13(10-11)18-8-7-17(12)15(4,5)6/h11-13,16H,7-10H2,1-6H3. The number of hydrogen-bond donors (Lipinski definition) is 1. The van der Waals surface area contributed by atoms with E-state index in [9.17, 15) is 0 Å². The number of hydrogen-bond acceptors (Lipinski definition) is 3. The Morgan fingerprint density at radius 1 is 1.06 bits per heavy atom. The molecule has 3 unspecified atom stereocenters. The van der Waals surface area contributed by atoms with Crippen LogP contribution in [0.1, 0.15) is 54.4 Å². The fourth-order valence-electron chi connectivity index (χ4n) is 3.52. The Labute approximate surface area is 112 Å². The number of ether oxygens (including phenoxy) is 1. The van der Waals surface area contributed by atoms with Gasteiger partial charge in [0.1, 0.15) is 0 Å². The van der Waals surface area contributed by atoms with Gasteiger partial charge in [0.2, 0.25) is 0 Å². The molecule has 1 heterocycles. The van der Waals surface area contributed by atoms with Crippen molar-refractivity contribution in [3.8, 4) is 0 Å². The van der Waals surface area contributed by atoms with Gasteiger partial charge >= 0.3 is 0 Å². The Morgan fingerprint density at radius 3 is 2.28 bits per heavy atom. The summed E-state index contributed by atoms with van der Waals surface area (Å²) in [5.41, 5.74) is 0.452. The van der Waals surface area contributed by atoms with Gasteiger partial charge in [-0.05, 0) is 54.4 Å². The van der Waals surface area contributed by atoms with Crippen LogP contribution in [-0.2, 0) is 4.74 Å². The highest BCUT2D eigenvalue weighted by molar-refractivity contribution is 5.00. The van der Waals surface area contributed by atoms with Gasteiger partial charge in [-0.3, -0.25) is 4.90 Å². The predicted octanol–water partition coefficient (Wildman–Crippen LogP) is 2.40. The van der Waals surface area contributed by atoms with E-state index in [4.69, 9.17) is 4.74 Å². The van der Waals surface area contributed by atoms with Crippen LogP contribution >= 0.6 is 0 Å². The van der Waals surface area contributed by atoms with Gasteiger partial charge in [-0.2, -0.15) is 0 Å². The first kappa shape index (κ1) is 14.3. The first-order chi connectivity index (χ1) is 8.17. The molecule has 0 spiro atoms. The second-order valence-electron chi connectivity index (χ2n) is 7.90. The van der Waals surface area contributed by atoms with Crippen LogP contribution in [0, 0.1) is 0 Å². The minimum absolute atomic E-state index is 0.199. The van der Waals surface area contributed by atoms with Crippen LogP contribution in [0.15, 0.2) is 0 Å². The molecule has 2 fully saturated rings. The Balaban J connectivity index is 2.03. The minimum Gasteiger partial charge on any atom is -0.375 e. The molecule has 1 saturated carbocycles. The van der Waals surface area contributed by atoms with E-state index in [0.29, 0.717) is 18.2 Å². The number of morpholine rings is 1. The van der Waals surface area contributed by atoms with Crippen molar-refractivity contribution in [3.63, 3.8) is 0 Å². The quantitative estimate of drug-likeness (QED) is 0.777. The van der Waals surface area contributed by atoms with E-state index in [1.54, 1.807) is 0 Å². The SMILES string of the molecule is CC(C)(C)NC1CC2OCCN(C(C)(C)C)C2C1. The van der Waals surface area contributed by atoms with Crippen molar-refractivity contribution in [3.05, 3.63) is 0 Å². The molecular formula is C15H30N2O. The zero-order valence-corrected chi connectivity index (χ0v) is 12.9. The lowest BCUT2D eigenvalue weighted by atomic mass is 9.99. The molecule has 1 N–H and O–H groups in total. The lowest BCUT2D eigenvalue weighted by Crippen LogP contribution is -2.56. The van der Waals surface area contributed by atoms with Crippen LogP contribution in [0.5, 0.6) is 0 Å². The van der Waals surface area contributed by atoms with E-state index in [2.05, 4.69) is 51.8 Å². The summed E-state index contributed by atoms with van der Waals surface area (Å²) in [4.78, 5) is 2.64. The summed E-state index contributed by atoms with van der Waals surface area (Å²) in [5, 5.41) is 3.74. The van der Waals surface area contributed by atoms with Gasteiger partial charge < -0.3 is 10.1 Å². The fraction of sp³-hybridized carbons (Fsp3) is 1.00. The zero-order chi connectivity index (χ0) is 13.6. The Hall–Kier alpha value is -0.120. The van der Waals surface area contributed by atoms with Crippen molar-refractivity contribution in [2.45, 2.75) is 83.6 Å². The smallest absolute Gasteiger partial charge is 0.0746 e. The minimum atomic E-state index is 0.199. The number of rotatable bonds is 1. The summed E-state index contributed by atoms with van der Waals surface area (Å²) in [6, 6.07) is 1.20. The maximum Gasteiger partial charge on any atom is 0.0746 e. The average molecular weight is 254 g/mol. The van der Waals surface area contributed by atoms with Crippen molar-refractivity contribution < 1.29 is 4.74 Å². The molecule has 3 heteroatoms. The van der Waals surface area contributed by atoms with Crippen molar-refractivity contribution in [2.75, 3.05) is 13.2 Å². The van der Waals surface area contributed by atoms with Gasteiger partial charge in [0.15, 0.2) is 0 Å². The second-order valence-corrected chi connectivity index (χ2v) is 7.90. The number of nitrogens with one attached hydrogen (secondary N) is 1. The average Bonchev–Trinajstić information content (AvgIpc) is 2.53. The van der Waals surface area contributed by atoms with E-state index in [1.807, 2.05) is 0 Å². The monoisotopic (exact) mass is 254 g/mol. The largest absolute Gasteiger partial charge is 0.375 e. The molecule has 0 radical (unpaired) electrons. The lowest BCUT2D eigenvalue weighted by molar-refractivity contribution is -0.0871. The zero-order valence-electron chi connectivity index (χ0n) is 12.9. The van der Waals surface area contributed by atoms with Crippen LogP contribution in [0.2, 0.25) is 0 Å². The number of nitrogens with zero attached hydrogens (tertiary/aromatic N) is 1. The van der Waals surface area contributed by atoms with Gasteiger partial charge in [-0.25, -0.2) is 0 Å². The van der Waals surface area contributed by atoms with E-state index in [-0.39, 0.29) is 11.1 Å². The highest BCUT2D eigenvalue weighted by atomic mass is 16.5. The highest BCUT2D eigenvalue weighted by Crippen LogP contribution is 2.34. The van der Waals surface area contributed by atoms with Crippen LogP contribution in [0.3, 0.4) is 0 Å². The number of fused-ring (bicyclic) bond motifs is 1. The van der Waals surface area contributed by atoms with Gasteiger partial charge in [0.05, 0.1) is 12.7 Å². The molecule has 0 aromatic carbocycles. The van der Waals surface area contributed by atoms with E-state index >= 15 is 0 Å². The Morgan fingerprint density at radius 2 is 1.72 bits per heavy atom. The fourth-order valence-corrected chi connectivity index (χ4v) is 3.52. The van der Waals surface area contributed by atoms with Crippen molar-refractivity contribution in [1.82, 2.24) is 10.2 Å². The van der Waals surface area contributed by atoms with Gasteiger partial charge in [-0.1, -0.05) is 0 Å². The summed E-state index contributed by atoms with van der Waals surface area (Å²) in [6.45, 7) is 15.7. The molecule has 3 nitrogen and oxygen atoms in total. The van der Waals surface area contributed by atoms with Gasteiger partial charge in [0, 0.05) is 29.7 Å². The maximum absolute atomic E-state index is 5.99. The lowest BCUT2D eigenvalue weighted by Gasteiger charge is -2.45. The molecular weight excluding hydrogens is 224 g/mol. The van der Waals surface area contributed by atoms with Crippen LogP contribution in [0.25, 0.3) is 0 Å². The summed E-state index contributed by atoms with van der Waals surface area (Å²) in [6.07, 6.45) is 2.81. The van der Waals surface area contributed by atoms with Crippen molar-refractivity contribution in [2.24, 2.45) is 0 Å². The molecule has 1 saturated heterocycles. The Kier molecular flexibility index (Phi) is 3.79. The van der Waals surface area contributed by atoms with Crippen molar-refractivity contribution in [1.29, 1.82) is 0 Å². The van der Waals surface area contributed by atoms with Crippen LogP contribution in [-0.4, -0.2) is 47.3 Å². The third kappa shape index (κ3) is 3.25. The first-order valence-electron chi connectivity index (χ1n) is 7.33. The molecule has 3 atom stereocenters. The van der Waals surface area contributed by atoms with E-state index < -0.39 is 0 Å².